The molecule has 9 nitrogen and oxygen atoms in total. The molecule has 25 heavy (non-hydrogen) atoms. The quantitative estimate of drug-likeness (QED) is 0.715. The Kier molecular flexibility index (Phi) is 3.32. The van der Waals surface area contributed by atoms with E-state index in [2.05, 4.69) is 14.3 Å². The number of halogens is 1. The molecular weight excluding hydrogens is 353 g/mol. The first-order valence-corrected chi connectivity index (χ1v) is 7.76. The predicted molar refractivity (Wildman–Crippen MR) is 84.9 cm³/mol. The van der Waals surface area contributed by atoms with E-state index in [0.29, 0.717) is 0 Å². The van der Waals surface area contributed by atoms with E-state index in [1.165, 1.54) is 15.8 Å². The average Bonchev–Trinajstić information content (AvgIpc) is 3.06. The third-order valence-electron chi connectivity index (χ3n) is 3.73. The molecular formula is C14H8FN5O4S. The highest BCUT2D eigenvalue weighted by Crippen LogP contribution is 2.25. The van der Waals surface area contributed by atoms with Gasteiger partial charge in [0.05, 0.1) is 18.5 Å². The lowest BCUT2D eigenvalue weighted by Gasteiger charge is -2.30. The van der Waals surface area contributed by atoms with Crippen molar-refractivity contribution in [1.82, 2.24) is 18.9 Å². The Labute approximate surface area is 142 Å². The highest BCUT2D eigenvalue weighted by molar-refractivity contribution is 7.08. The van der Waals surface area contributed by atoms with Crippen LogP contribution in [0.4, 0.5) is 10.2 Å². The van der Waals surface area contributed by atoms with Crippen LogP contribution in [0.3, 0.4) is 0 Å². The van der Waals surface area contributed by atoms with Crippen LogP contribution in [0.15, 0.2) is 23.4 Å². The molecule has 126 valence electrons. The largest absolute Gasteiger partial charge is 0.477 e. The molecule has 0 bridgehead atoms. The number of hydrogen-bond acceptors (Lipinski definition) is 8. The Balaban J connectivity index is 2.05. The smallest absolute Gasteiger partial charge is 0.341 e. The number of ketones is 1. The van der Waals surface area contributed by atoms with E-state index in [0.717, 1.165) is 23.8 Å². The summed E-state index contributed by atoms with van der Waals surface area (Å²) in [5, 5.41) is 9.31. The van der Waals surface area contributed by atoms with E-state index >= 15 is 0 Å². The summed E-state index contributed by atoms with van der Waals surface area (Å²) in [6.45, 7) is 0.0668. The number of Topliss-reactive ketones (excluding diaryl/α,β-unsaturated/α-hetero) is 1. The van der Waals surface area contributed by atoms with Gasteiger partial charge in [-0.05, 0) is 6.07 Å². The van der Waals surface area contributed by atoms with Crippen molar-refractivity contribution < 1.29 is 19.1 Å². The van der Waals surface area contributed by atoms with Gasteiger partial charge in [-0.2, -0.15) is 4.37 Å². The number of nitrogens with zero attached hydrogens (tertiary/aromatic N) is 5. The number of carboxylic acid groups (broad SMARTS) is 1. The van der Waals surface area contributed by atoms with Crippen LogP contribution >= 0.6 is 11.5 Å². The highest BCUT2D eigenvalue weighted by atomic mass is 32.1. The van der Waals surface area contributed by atoms with Gasteiger partial charge in [0.1, 0.15) is 11.9 Å². The number of carboxylic acids is 1. The number of pyridine rings is 2. The summed E-state index contributed by atoms with van der Waals surface area (Å²) in [7, 11) is 0. The van der Waals surface area contributed by atoms with Gasteiger partial charge in [0.25, 0.3) is 0 Å². The van der Waals surface area contributed by atoms with Gasteiger partial charge in [0.2, 0.25) is 10.6 Å². The summed E-state index contributed by atoms with van der Waals surface area (Å²) in [6, 6.07) is 0.937. The Morgan fingerprint density at radius 2 is 2.08 bits per heavy atom. The first-order chi connectivity index (χ1) is 12.0. The Hall–Kier alpha value is -3.21. The van der Waals surface area contributed by atoms with E-state index < -0.39 is 22.8 Å². The Morgan fingerprint density at radius 1 is 1.32 bits per heavy atom. The highest BCUT2D eigenvalue weighted by Gasteiger charge is 2.29. The lowest BCUT2D eigenvalue weighted by atomic mass is 10.1. The van der Waals surface area contributed by atoms with Crippen molar-refractivity contribution in [2.45, 2.75) is 0 Å². The third kappa shape index (κ3) is 2.36. The topological polar surface area (TPSA) is 118 Å². The number of hydrogen-bond donors (Lipinski definition) is 1. The molecule has 0 atom stereocenters. The number of aromatic carboxylic acids is 1. The van der Waals surface area contributed by atoms with Gasteiger partial charge in [-0.3, -0.25) is 14.2 Å². The molecule has 1 fully saturated rings. The summed E-state index contributed by atoms with van der Waals surface area (Å²) in [6.07, 6.45) is 2.35. The number of aromatic nitrogens is 4. The molecule has 4 heterocycles. The van der Waals surface area contributed by atoms with E-state index in [9.17, 15) is 23.9 Å². The molecule has 3 aromatic heterocycles. The summed E-state index contributed by atoms with van der Waals surface area (Å²) >= 11 is 0.961. The minimum atomic E-state index is -1.44. The minimum absolute atomic E-state index is 0.0334. The predicted octanol–water partition coefficient (Wildman–Crippen LogP) is 0.464. The van der Waals surface area contributed by atoms with E-state index in [1.807, 2.05) is 0 Å². The molecule has 0 aliphatic carbocycles. The van der Waals surface area contributed by atoms with Crippen LogP contribution < -0.4 is 10.3 Å². The molecule has 3 aromatic rings. The zero-order valence-electron chi connectivity index (χ0n) is 12.3. The summed E-state index contributed by atoms with van der Waals surface area (Å²) in [5.74, 6) is -2.37. The SMILES string of the molecule is O=C1CN(c2nc3c(cc2F)c(=O)c(C(=O)O)cn3-c2ncns2)C1. The normalized spacial score (nSPS) is 14.0. The molecule has 4 rings (SSSR count). The van der Waals surface area contributed by atoms with E-state index in [-0.39, 0.29) is 40.9 Å². The monoisotopic (exact) mass is 361 g/mol. The summed E-state index contributed by atoms with van der Waals surface area (Å²) in [5.41, 5.74) is -1.33. The second-order valence-corrected chi connectivity index (χ2v) is 6.09. The van der Waals surface area contributed by atoms with Gasteiger partial charge in [-0.1, -0.05) is 0 Å². The third-order valence-corrected chi connectivity index (χ3v) is 4.40. The van der Waals surface area contributed by atoms with Crippen LogP contribution in [-0.4, -0.2) is 48.9 Å². The van der Waals surface area contributed by atoms with Crippen molar-refractivity contribution in [1.29, 1.82) is 0 Å². The molecule has 1 N–H and O–H groups in total. The van der Waals surface area contributed by atoms with Crippen LogP contribution in [0.25, 0.3) is 16.2 Å². The van der Waals surface area contributed by atoms with Crippen LogP contribution in [-0.2, 0) is 4.79 Å². The van der Waals surface area contributed by atoms with Crippen LogP contribution in [0, 0.1) is 5.82 Å². The van der Waals surface area contributed by atoms with Crippen molar-refractivity contribution in [2.24, 2.45) is 0 Å². The number of rotatable bonds is 3. The molecule has 1 aliphatic rings. The molecule has 1 saturated heterocycles. The fourth-order valence-electron chi connectivity index (χ4n) is 2.54. The average molecular weight is 361 g/mol. The maximum atomic E-state index is 14.4. The first kappa shape index (κ1) is 15.3. The lowest BCUT2D eigenvalue weighted by molar-refractivity contribution is -0.119. The lowest BCUT2D eigenvalue weighted by Crippen LogP contribution is -2.48. The van der Waals surface area contributed by atoms with Crippen LogP contribution in [0.2, 0.25) is 0 Å². The second-order valence-electron chi connectivity index (χ2n) is 5.33. The molecule has 0 amide bonds. The zero-order valence-corrected chi connectivity index (χ0v) is 13.2. The molecule has 0 aromatic carbocycles. The van der Waals surface area contributed by atoms with Crippen molar-refractivity contribution in [3.05, 3.63) is 40.2 Å². The fourth-order valence-corrected chi connectivity index (χ4v) is 3.05. The van der Waals surface area contributed by atoms with Gasteiger partial charge >= 0.3 is 5.97 Å². The van der Waals surface area contributed by atoms with Crippen LogP contribution in [0.5, 0.6) is 0 Å². The van der Waals surface area contributed by atoms with E-state index in [1.54, 1.807) is 0 Å². The second kappa shape index (κ2) is 5.41. The molecule has 0 saturated carbocycles. The Bertz CT molecular complexity index is 1090. The maximum Gasteiger partial charge on any atom is 0.341 e. The number of carbonyl (C=O) groups is 2. The van der Waals surface area contributed by atoms with Gasteiger partial charge in [-0.25, -0.2) is 19.2 Å². The molecule has 0 unspecified atom stereocenters. The Morgan fingerprint density at radius 3 is 2.68 bits per heavy atom. The van der Waals surface area contributed by atoms with Crippen molar-refractivity contribution >= 4 is 40.1 Å². The fraction of sp³-hybridized carbons (Fsp3) is 0.143. The molecule has 1 aliphatic heterocycles. The number of anilines is 1. The van der Waals surface area contributed by atoms with Crippen molar-refractivity contribution in [3.63, 3.8) is 0 Å². The van der Waals surface area contributed by atoms with Gasteiger partial charge in [-0.15, -0.1) is 0 Å². The zero-order chi connectivity index (χ0) is 17.7. The summed E-state index contributed by atoms with van der Waals surface area (Å²) in [4.78, 5) is 44.4. The molecule has 0 radical (unpaired) electrons. The van der Waals surface area contributed by atoms with Crippen molar-refractivity contribution in [3.8, 4) is 5.13 Å². The molecule has 0 spiro atoms. The minimum Gasteiger partial charge on any atom is -0.477 e. The molecule has 11 heteroatoms. The number of fused-ring (bicyclic) bond motifs is 1. The van der Waals surface area contributed by atoms with Gasteiger partial charge in [0.15, 0.2) is 23.1 Å². The maximum absolute atomic E-state index is 14.4. The number of carbonyl (C=O) groups excluding carboxylic acids is 1. The van der Waals surface area contributed by atoms with Gasteiger partial charge in [0, 0.05) is 17.7 Å². The first-order valence-electron chi connectivity index (χ1n) is 6.98. The van der Waals surface area contributed by atoms with Crippen LogP contribution in [0.1, 0.15) is 10.4 Å². The summed E-state index contributed by atoms with van der Waals surface area (Å²) < 4.78 is 19.5. The van der Waals surface area contributed by atoms with Gasteiger partial charge < -0.3 is 10.0 Å². The van der Waals surface area contributed by atoms with E-state index in [4.69, 9.17) is 0 Å². The van der Waals surface area contributed by atoms with Crippen molar-refractivity contribution in [2.75, 3.05) is 18.0 Å². The standard InChI is InChI=1S/C14H8FN5O4S/c15-9-1-7-10(22)8(13(23)24)4-20(14-16-5-17-25-14)11(7)18-12(9)19-2-6(21)3-19/h1,4-5H,2-3H2,(H,23,24).